The Hall–Kier alpha value is -0.330. The molecule has 20 heavy (non-hydrogen) atoms. The van der Waals surface area contributed by atoms with Crippen LogP contribution in [0.25, 0.3) is 0 Å². The highest BCUT2D eigenvalue weighted by atomic mass is 19.1. The minimum absolute atomic E-state index is 0.529. The van der Waals surface area contributed by atoms with Crippen molar-refractivity contribution in [3.05, 3.63) is 12.4 Å². The number of allylic oxidation sites excluding steroid dienone is 1. The number of unbranched alkanes of at least 4 members (excludes halogenated alkanes) is 2. The third-order valence-corrected chi connectivity index (χ3v) is 5.94. The lowest BCUT2D eigenvalue weighted by atomic mass is 9.68. The molecule has 0 radical (unpaired) electrons. The molecular formula is C19H33F. The van der Waals surface area contributed by atoms with Gasteiger partial charge in [0, 0.05) is 0 Å². The van der Waals surface area contributed by atoms with Crippen molar-refractivity contribution in [1.29, 1.82) is 0 Å². The molecule has 0 unspecified atom stereocenters. The fourth-order valence-electron chi connectivity index (χ4n) is 4.54. The van der Waals surface area contributed by atoms with Gasteiger partial charge in [-0.1, -0.05) is 51.5 Å². The van der Waals surface area contributed by atoms with Gasteiger partial charge in [0.1, 0.15) is 0 Å². The van der Waals surface area contributed by atoms with E-state index in [2.05, 4.69) is 6.92 Å². The van der Waals surface area contributed by atoms with Crippen molar-refractivity contribution in [2.75, 3.05) is 0 Å². The molecule has 1 heteroatoms. The lowest BCUT2D eigenvalue weighted by Gasteiger charge is -2.37. The second-order valence-electron chi connectivity index (χ2n) is 7.27. The minimum Gasteiger partial charge on any atom is -0.216 e. The summed E-state index contributed by atoms with van der Waals surface area (Å²) in [5.41, 5.74) is 0. The van der Waals surface area contributed by atoms with Gasteiger partial charge in [-0.15, -0.1) is 0 Å². The summed E-state index contributed by atoms with van der Waals surface area (Å²) in [6.45, 7) is 2.30. The van der Waals surface area contributed by atoms with Gasteiger partial charge in [-0.05, 0) is 62.2 Å². The molecule has 2 aliphatic rings. The molecule has 2 rings (SSSR count). The molecule has 0 aliphatic heterocycles. The summed E-state index contributed by atoms with van der Waals surface area (Å²) in [4.78, 5) is 0. The van der Waals surface area contributed by atoms with Crippen LogP contribution in [0.3, 0.4) is 0 Å². The second kappa shape index (κ2) is 8.85. The first-order valence-electron chi connectivity index (χ1n) is 9.10. The molecule has 116 valence electrons. The molecule has 0 aromatic carbocycles. The molecular weight excluding hydrogens is 247 g/mol. The van der Waals surface area contributed by atoms with E-state index >= 15 is 0 Å². The number of hydrogen-bond donors (Lipinski definition) is 0. The predicted octanol–water partition coefficient (Wildman–Crippen LogP) is 6.66. The highest BCUT2D eigenvalue weighted by Gasteiger charge is 2.30. The lowest BCUT2D eigenvalue weighted by molar-refractivity contribution is 0.151. The Labute approximate surface area is 125 Å². The monoisotopic (exact) mass is 280 g/mol. The van der Waals surface area contributed by atoms with E-state index in [1.165, 1.54) is 77.0 Å². The number of rotatable bonds is 6. The van der Waals surface area contributed by atoms with E-state index in [-0.39, 0.29) is 0 Å². The van der Waals surface area contributed by atoms with Crippen molar-refractivity contribution in [3.8, 4) is 0 Å². The molecule has 0 heterocycles. The van der Waals surface area contributed by atoms with Crippen molar-refractivity contribution < 1.29 is 4.39 Å². The first kappa shape index (κ1) is 16.0. The van der Waals surface area contributed by atoms with Crippen LogP contribution in [-0.4, -0.2) is 0 Å². The van der Waals surface area contributed by atoms with Crippen molar-refractivity contribution in [2.45, 2.75) is 84.0 Å². The van der Waals surface area contributed by atoms with Crippen molar-refractivity contribution in [3.63, 3.8) is 0 Å². The molecule has 0 amide bonds. The summed E-state index contributed by atoms with van der Waals surface area (Å²) in [6, 6.07) is 0. The fourth-order valence-corrected chi connectivity index (χ4v) is 4.54. The molecule has 0 saturated heterocycles. The Bertz CT molecular complexity index is 267. The molecule has 0 spiro atoms. The summed E-state index contributed by atoms with van der Waals surface area (Å²) in [5.74, 6) is 3.51. The zero-order chi connectivity index (χ0) is 14.2. The minimum atomic E-state index is 0.529. The summed E-state index contributed by atoms with van der Waals surface area (Å²) in [5, 5.41) is 0. The highest BCUT2D eigenvalue weighted by molar-refractivity contribution is 4.89. The van der Waals surface area contributed by atoms with Gasteiger partial charge in [-0.2, -0.15) is 0 Å². The van der Waals surface area contributed by atoms with Crippen LogP contribution >= 0.6 is 0 Å². The third kappa shape index (κ3) is 4.90. The van der Waals surface area contributed by atoms with Crippen LogP contribution in [0.5, 0.6) is 0 Å². The van der Waals surface area contributed by atoms with E-state index in [9.17, 15) is 4.39 Å². The van der Waals surface area contributed by atoms with Crippen LogP contribution in [0.1, 0.15) is 84.0 Å². The Balaban J connectivity index is 1.64. The van der Waals surface area contributed by atoms with Crippen LogP contribution in [0.15, 0.2) is 12.4 Å². The average molecular weight is 280 g/mol. The predicted molar refractivity (Wildman–Crippen MR) is 85.3 cm³/mol. The Morgan fingerprint density at radius 2 is 1.45 bits per heavy atom. The van der Waals surface area contributed by atoms with Gasteiger partial charge in [0.2, 0.25) is 0 Å². The van der Waals surface area contributed by atoms with E-state index < -0.39 is 0 Å². The van der Waals surface area contributed by atoms with E-state index in [1.54, 1.807) is 6.08 Å². The average Bonchev–Trinajstić information content (AvgIpc) is 2.49. The molecule has 0 bridgehead atoms. The first-order chi connectivity index (χ1) is 9.83. The summed E-state index contributed by atoms with van der Waals surface area (Å²) in [7, 11) is 0. The largest absolute Gasteiger partial charge is 0.216 e. The van der Waals surface area contributed by atoms with Gasteiger partial charge < -0.3 is 0 Å². The Morgan fingerprint density at radius 1 is 0.850 bits per heavy atom. The summed E-state index contributed by atoms with van der Waals surface area (Å²) >= 11 is 0. The zero-order valence-electron chi connectivity index (χ0n) is 13.3. The van der Waals surface area contributed by atoms with Crippen LogP contribution in [0.2, 0.25) is 0 Å². The normalized spacial score (nSPS) is 35.5. The zero-order valence-corrected chi connectivity index (χ0v) is 13.3. The van der Waals surface area contributed by atoms with Crippen molar-refractivity contribution >= 4 is 0 Å². The van der Waals surface area contributed by atoms with Crippen LogP contribution < -0.4 is 0 Å². The fraction of sp³-hybridized carbons (Fsp3) is 0.895. The van der Waals surface area contributed by atoms with Gasteiger partial charge >= 0.3 is 0 Å². The summed E-state index contributed by atoms with van der Waals surface area (Å²) in [6.07, 6.45) is 19.3. The Kier molecular flexibility index (Phi) is 7.10. The first-order valence-corrected chi connectivity index (χ1v) is 9.10. The second-order valence-corrected chi connectivity index (χ2v) is 7.27. The molecule has 0 N–H and O–H groups in total. The topological polar surface area (TPSA) is 0 Å². The third-order valence-electron chi connectivity index (χ3n) is 5.94. The number of halogens is 1. The molecule has 2 aliphatic carbocycles. The summed E-state index contributed by atoms with van der Waals surface area (Å²) < 4.78 is 12.2. The number of hydrogen-bond acceptors (Lipinski definition) is 0. The van der Waals surface area contributed by atoms with E-state index in [4.69, 9.17) is 0 Å². The molecule has 2 fully saturated rings. The van der Waals surface area contributed by atoms with Crippen molar-refractivity contribution in [1.82, 2.24) is 0 Å². The van der Waals surface area contributed by atoms with Gasteiger partial charge in [0.25, 0.3) is 0 Å². The Morgan fingerprint density at radius 3 is 2.00 bits per heavy atom. The standard InChI is InChI=1S/C19H33F/c1-2-3-4-5-16-6-10-18(11-7-16)19-12-8-17(9-13-19)14-15-20/h14-19H,2-13H2,1H3/b15-14+. The molecule has 0 aromatic rings. The smallest absolute Gasteiger partial charge is 0.0829 e. The van der Waals surface area contributed by atoms with E-state index in [1.807, 2.05) is 0 Å². The van der Waals surface area contributed by atoms with Gasteiger partial charge in [-0.3, -0.25) is 0 Å². The van der Waals surface area contributed by atoms with Gasteiger partial charge in [-0.25, -0.2) is 4.39 Å². The molecule has 0 aromatic heterocycles. The maximum Gasteiger partial charge on any atom is 0.0829 e. The highest BCUT2D eigenvalue weighted by Crippen LogP contribution is 2.42. The maximum atomic E-state index is 12.2. The van der Waals surface area contributed by atoms with E-state index in [0.29, 0.717) is 5.92 Å². The van der Waals surface area contributed by atoms with Crippen LogP contribution in [0, 0.1) is 23.7 Å². The SMILES string of the molecule is CCCCCC1CCC(C2CCC(/C=C/F)CC2)CC1. The van der Waals surface area contributed by atoms with Crippen LogP contribution in [0.4, 0.5) is 4.39 Å². The quantitative estimate of drug-likeness (QED) is 0.477. The molecule has 2 saturated carbocycles. The molecule has 0 nitrogen and oxygen atoms in total. The lowest BCUT2D eigenvalue weighted by Crippen LogP contribution is -2.25. The van der Waals surface area contributed by atoms with Crippen LogP contribution in [-0.2, 0) is 0 Å². The van der Waals surface area contributed by atoms with Gasteiger partial charge in [0.15, 0.2) is 0 Å². The van der Waals surface area contributed by atoms with Gasteiger partial charge in [0.05, 0.1) is 6.33 Å². The maximum absolute atomic E-state index is 12.2. The molecule has 0 atom stereocenters. The van der Waals surface area contributed by atoms with Crippen molar-refractivity contribution in [2.24, 2.45) is 23.7 Å². The van der Waals surface area contributed by atoms with E-state index in [0.717, 1.165) is 24.1 Å².